The summed E-state index contributed by atoms with van der Waals surface area (Å²) in [6.45, 7) is 10.7. The highest BCUT2D eigenvalue weighted by molar-refractivity contribution is 7.09. The number of carbonyl (C=O) groups is 1. The van der Waals surface area contributed by atoms with Gasteiger partial charge in [-0.1, -0.05) is 27.7 Å². The molecule has 88 valence electrons. The molecule has 1 aromatic heterocycles. The van der Waals surface area contributed by atoms with Crippen molar-refractivity contribution in [1.82, 2.24) is 4.98 Å². The zero-order valence-electron chi connectivity index (χ0n) is 10.6. The van der Waals surface area contributed by atoms with Gasteiger partial charge in [0.1, 0.15) is 10.8 Å². The van der Waals surface area contributed by atoms with E-state index < -0.39 is 0 Å². The van der Waals surface area contributed by atoms with E-state index in [9.17, 15) is 4.79 Å². The molecule has 0 unspecified atom stereocenters. The van der Waals surface area contributed by atoms with Crippen LogP contribution in [0.25, 0.3) is 0 Å². The lowest BCUT2D eigenvalue weighted by molar-refractivity contribution is -0.120. The second kappa shape index (κ2) is 3.39. The Morgan fingerprint density at radius 1 is 1.38 bits per heavy atom. The smallest absolute Gasteiger partial charge is 0.143 e. The summed E-state index contributed by atoms with van der Waals surface area (Å²) in [7, 11) is 0. The number of ketones is 1. The predicted octanol–water partition coefficient (Wildman–Crippen LogP) is 3.25. The van der Waals surface area contributed by atoms with E-state index in [-0.39, 0.29) is 16.7 Å². The second-order valence-electron chi connectivity index (χ2n) is 5.90. The molecule has 0 amide bonds. The molecule has 1 aromatic rings. The lowest BCUT2D eigenvalue weighted by Gasteiger charge is -2.03. The van der Waals surface area contributed by atoms with Crippen molar-refractivity contribution in [3.05, 3.63) is 16.1 Å². The molecule has 0 atom stereocenters. The Morgan fingerprint density at radius 2 is 1.94 bits per heavy atom. The average Bonchev–Trinajstić information content (AvgIpc) is 2.44. The molecule has 3 heteroatoms. The van der Waals surface area contributed by atoms with Gasteiger partial charge in [-0.3, -0.25) is 4.79 Å². The van der Waals surface area contributed by atoms with Gasteiger partial charge in [-0.15, -0.1) is 11.3 Å². The van der Waals surface area contributed by atoms with Gasteiger partial charge in [0.25, 0.3) is 0 Å². The van der Waals surface area contributed by atoms with Crippen LogP contribution in [0.1, 0.15) is 38.4 Å². The van der Waals surface area contributed by atoms with Crippen LogP contribution in [0.15, 0.2) is 5.38 Å². The fourth-order valence-corrected chi connectivity index (χ4v) is 3.52. The summed E-state index contributed by atoms with van der Waals surface area (Å²) in [5, 5.41) is 2.97. The minimum atomic E-state index is 0.149. The van der Waals surface area contributed by atoms with Gasteiger partial charge in [-0.2, -0.15) is 0 Å². The Hall–Kier alpha value is -0.700. The number of carbonyl (C=O) groups excluding carboxylic acids is 1. The first-order chi connectivity index (χ1) is 7.26. The Kier molecular flexibility index (Phi) is 2.50. The van der Waals surface area contributed by atoms with Crippen LogP contribution in [0.3, 0.4) is 0 Å². The Morgan fingerprint density at radius 3 is 2.31 bits per heavy atom. The maximum absolute atomic E-state index is 12.2. The van der Waals surface area contributed by atoms with Crippen molar-refractivity contribution < 1.29 is 4.79 Å². The maximum Gasteiger partial charge on any atom is 0.143 e. The largest absolute Gasteiger partial charge is 0.299 e. The molecule has 1 fully saturated rings. The normalized spacial score (nSPS) is 22.1. The summed E-state index contributed by atoms with van der Waals surface area (Å²) in [6, 6.07) is 0. The fourth-order valence-electron chi connectivity index (χ4n) is 2.74. The third-order valence-corrected chi connectivity index (χ3v) is 5.30. The van der Waals surface area contributed by atoms with Crippen LogP contribution in [0, 0.1) is 23.7 Å². The summed E-state index contributed by atoms with van der Waals surface area (Å²) >= 11 is 1.59. The van der Waals surface area contributed by atoms with E-state index in [1.807, 2.05) is 12.3 Å². The predicted molar refractivity (Wildman–Crippen MR) is 66.6 cm³/mol. The van der Waals surface area contributed by atoms with Crippen LogP contribution in [0.2, 0.25) is 0 Å². The lowest BCUT2D eigenvalue weighted by atomic mass is 10.0. The van der Waals surface area contributed by atoms with Gasteiger partial charge in [-0.25, -0.2) is 4.98 Å². The number of hydrogen-bond donors (Lipinski definition) is 0. The maximum atomic E-state index is 12.2. The average molecular weight is 237 g/mol. The molecule has 2 rings (SSSR count). The number of hydrogen-bond acceptors (Lipinski definition) is 3. The molecule has 0 saturated heterocycles. The Bertz CT molecular complexity index is 417. The van der Waals surface area contributed by atoms with E-state index in [4.69, 9.17) is 0 Å². The molecular weight excluding hydrogens is 218 g/mol. The third kappa shape index (κ3) is 1.61. The van der Waals surface area contributed by atoms with Gasteiger partial charge in [0, 0.05) is 17.0 Å². The molecule has 2 nitrogen and oxygen atoms in total. The van der Waals surface area contributed by atoms with E-state index in [1.165, 1.54) is 0 Å². The van der Waals surface area contributed by atoms with Crippen molar-refractivity contribution in [2.24, 2.45) is 16.7 Å². The van der Waals surface area contributed by atoms with Gasteiger partial charge in [0.15, 0.2) is 0 Å². The lowest BCUT2D eigenvalue weighted by Crippen LogP contribution is -2.10. The fraction of sp³-hybridized carbons (Fsp3) is 0.692. The number of nitrogens with zero attached hydrogens (tertiary/aromatic N) is 1. The van der Waals surface area contributed by atoms with Gasteiger partial charge >= 0.3 is 0 Å². The van der Waals surface area contributed by atoms with E-state index in [2.05, 4.69) is 32.7 Å². The molecule has 0 bridgehead atoms. The number of aromatic nitrogens is 1. The second-order valence-corrected chi connectivity index (χ2v) is 6.84. The number of aryl methyl sites for hydroxylation is 1. The van der Waals surface area contributed by atoms with Crippen LogP contribution >= 0.6 is 11.3 Å². The molecule has 0 N–H and O–H groups in total. The first-order valence-corrected chi connectivity index (χ1v) is 6.58. The van der Waals surface area contributed by atoms with Crippen molar-refractivity contribution in [3.8, 4) is 0 Å². The molecule has 16 heavy (non-hydrogen) atoms. The Balaban J connectivity index is 2.06. The van der Waals surface area contributed by atoms with Gasteiger partial charge in [0.2, 0.25) is 0 Å². The van der Waals surface area contributed by atoms with Crippen LogP contribution in [-0.4, -0.2) is 10.8 Å². The summed E-state index contributed by atoms with van der Waals surface area (Å²) in [4.78, 5) is 16.5. The third-order valence-electron chi connectivity index (χ3n) is 4.33. The van der Waals surface area contributed by atoms with Crippen molar-refractivity contribution >= 4 is 17.1 Å². The Labute approximate surface area is 101 Å². The minimum Gasteiger partial charge on any atom is -0.299 e. The van der Waals surface area contributed by atoms with E-state index in [0.717, 1.165) is 10.7 Å². The molecule has 0 radical (unpaired) electrons. The highest BCUT2D eigenvalue weighted by Crippen LogP contribution is 2.68. The minimum absolute atomic E-state index is 0.149. The van der Waals surface area contributed by atoms with Gasteiger partial charge in [-0.05, 0) is 17.8 Å². The topological polar surface area (TPSA) is 30.0 Å². The summed E-state index contributed by atoms with van der Waals surface area (Å²) in [5.74, 6) is 0.550. The molecule has 0 aromatic carbocycles. The van der Waals surface area contributed by atoms with E-state index >= 15 is 0 Å². The first-order valence-electron chi connectivity index (χ1n) is 5.70. The summed E-state index contributed by atoms with van der Waals surface area (Å²) in [5.41, 5.74) is 1.31. The molecule has 1 aliphatic rings. The zero-order chi connectivity index (χ0) is 12.1. The number of thiazole rings is 1. The SMILES string of the molecule is Cc1csc(CC(=O)C2C(C)(C)C2(C)C)n1. The van der Waals surface area contributed by atoms with Crippen molar-refractivity contribution in [2.75, 3.05) is 0 Å². The van der Waals surface area contributed by atoms with Crippen LogP contribution in [0.5, 0.6) is 0 Å². The standard InChI is InChI=1S/C13H19NOS/c1-8-7-16-10(14-8)6-9(15)11-12(2,3)13(11,4)5/h7,11H,6H2,1-5H3. The summed E-state index contributed by atoms with van der Waals surface area (Å²) < 4.78 is 0. The molecule has 1 saturated carbocycles. The summed E-state index contributed by atoms with van der Waals surface area (Å²) in [6.07, 6.45) is 0.510. The highest BCUT2D eigenvalue weighted by atomic mass is 32.1. The number of rotatable bonds is 3. The van der Waals surface area contributed by atoms with E-state index in [1.54, 1.807) is 11.3 Å². The van der Waals surface area contributed by atoms with Crippen molar-refractivity contribution in [3.63, 3.8) is 0 Å². The molecule has 1 heterocycles. The number of Topliss-reactive ketones (excluding diaryl/α,β-unsaturated/α-hetero) is 1. The molecule has 1 aliphatic carbocycles. The van der Waals surface area contributed by atoms with Crippen molar-refractivity contribution in [2.45, 2.75) is 41.0 Å². The van der Waals surface area contributed by atoms with Crippen molar-refractivity contribution in [1.29, 1.82) is 0 Å². The highest BCUT2D eigenvalue weighted by Gasteiger charge is 2.67. The van der Waals surface area contributed by atoms with E-state index in [0.29, 0.717) is 12.2 Å². The van der Waals surface area contributed by atoms with Gasteiger partial charge < -0.3 is 0 Å². The molecular formula is C13H19NOS. The zero-order valence-corrected chi connectivity index (χ0v) is 11.4. The quantitative estimate of drug-likeness (QED) is 0.807. The molecule has 0 spiro atoms. The van der Waals surface area contributed by atoms with Crippen LogP contribution < -0.4 is 0 Å². The van der Waals surface area contributed by atoms with Crippen LogP contribution in [0.4, 0.5) is 0 Å². The first kappa shape index (κ1) is 11.8. The van der Waals surface area contributed by atoms with Crippen LogP contribution in [-0.2, 0) is 11.2 Å². The monoisotopic (exact) mass is 237 g/mol. The van der Waals surface area contributed by atoms with Gasteiger partial charge in [0.05, 0.1) is 6.42 Å². The molecule has 0 aliphatic heterocycles.